The molecule has 4 rings (SSSR count). The van der Waals surface area contributed by atoms with E-state index >= 15 is 0 Å². The average Bonchev–Trinajstić information content (AvgIpc) is 3.04. The molecule has 1 amide bonds. The summed E-state index contributed by atoms with van der Waals surface area (Å²) in [7, 11) is 0. The van der Waals surface area contributed by atoms with E-state index in [0.29, 0.717) is 17.5 Å². The number of amides is 1. The molecule has 0 unspecified atom stereocenters. The van der Waals surface area contributed by atoms with E-state index in [1.54, 1.807) is 11.1 Å². The predicted octanol–water partition coefficient (Wildman–Crippen LogP) is 4.92. The summed E-state index contributed by atoms with van der Waals surface area (Å²) in [6.45, 7) is 4.63. The van der Waals surface area contributed by atoms with Crippen LogP contribution < -0.4 is 0 Å². The zero-order valence-electron chi connectivity index (χ0n) is 15.9. The van der Waals surface area contributed by atoms with Crippen LogP contribution in [0.1, 0.15) is 22.3 Å². The number of thioether (sulfide) groups is 1. The van der Waals surface area contributed by atoms with Gasteiger partial charge < -0.3 is 0 Å². The van der Waals surface area contributed by atoms with Gasteiger partial charge in [-0.1, -0.05) is 78.0 Å². The van der Waals surface area contributed by atoms with Crippen LogP contribution >= 0.6 is 11.8 Å². The van der Waals surface area contributed by atoms with E-state index in [1.807, 2.05) is 24.3 Å². The van der Waals surface area contributed by atoms with Crippen molar-refractivity contribution in [3.63, 3.8) is 0 Å². The Labute approximate surface area is 169 Å². The topological polar surface area (TPSA) is 45.0 Å². The molecule has 0 aliphatic carbocycles. The maximum absolute atomic E-state index is 12.4. The summed E-state index contributed by atoms with van der Waals surface area (Å²) in [5.41, 5.74) is 4.52. The first kappa shape index (κ1) is 18.4. The van der Waals surface area contributed by atoms with Crippen LogP contribution in [0.4, 0.5) is 0 Å². The standard InChI is InChI=1S/C23H21N3OS/c1-16-10-11-19(17(2)12-16)13-24-25-23-26(22(27)15-28-23)14-20-8-5-7-18-6-3-4-9-21(18)20/h3-13H,14-15H2,1-2H3. The number of hydrogen-bond donors (Lipinski definition) is 0. The molecule has 1 aliphatic heterocycles. The molecular formula is C23H21N3OS. The van der Waals surface area contributed by atoms with Crippen LogP contribution in [0.2, 0.25) is 0 Å². The van der Waals surface area contributed by atoms with Crippen molar-refractivity contribution in [2.75, 3.05) is 5.75 Å². The number of amidine groups is 1. The number of benzene rings is 3. The summed E-state index contributed by atoms with van der Waals surface area (Å²) in [6.07, 6.45) is 1.75. The van der Waals surface area contributed by atoms with E-state index in [1.165, 1.54) is 22.7 Å². The molecule has 5 heteroatoms. The molecule has 0 aromatic heterocycles. The van der Waals surface area contributed by atoms with Gasteiger partial charge in [-0.3, -0.25) is 9.69 Å². The first-order chi connectivity index (χ1) is 13.6. The molecule has 1 saturated heterocycles. The van der Waals surface area contributed by atoms with Gasteiger partial charge in [0.2, 0.25) is 5.91 Å². The molecule has 1 aliphatic rings. The maximum Gasteiger partial charge on any atom is 0.239 e. The Bertz CT molecular complexity index is 1100. The van der Waals surface area contributed by atoms with Gasteiger partial charge in [-0.2, -0.15) is 5.10 Å². The third-order valence-corrected chi connectivity index (χ3v) is 5.78. The summed E-state index contributed by atoms with van der Waals surface area (Å²) in [6, 6.07) is 20.6. The monoisotopic (exact) mass is 387 g/mol. The van der Waals surface area contributed by atoms with Gasteiger partial charge in [0.15, 0.2) is 5.17 Å². The summed E-state index contributed by atoms with van der Waals surface area (Å²) in [5.74, 6) is 0.473. The largest absolute Gasteiger partial charge is 0.285 e. The molecular weight excluding hydrogens is 366 g/mol. The molecule has 4 nitrogen and oxygen atoms in total. The van der Waals surface area contributed by atoms with Gasteiger partial charge in [0, 0.05) is 0 Å². The van der Waals surface area contributed by atoms with Gasteiger partial charge in [-0.05, 0) is 41.3 Å². The molecule has 1 fully saturated rings. The Kier molecular flexibility index (Phi) is 5.26. The summed E-state index contributed by atoms with van der Waals surface area (Å²) in [5, 5.41) is 11.6. The van der Waals surface area contributed by atoms with Crippen LogP contribution in [0.15, 0.2) is 70.9 Å². The fourth-order valence-corrected chi connectivity index (χ4v) is 4.17. The van der Waals surface area contributed by atoms with Gasteiger partial charge in [-0.15, -0.1) is 5.10 Å². The molecule has 0 atom stereocenters. The number of hydrogen-bond acceptors (Lipinski definition) is 4. The molecule has 3 aromatic rings. The molecule has 0 radical (unpaired) electrons. The molecule has 1 heterocycles. The van der Waals surface area contributed by atoms with E-state index in [4.69, 9.17) is 0 Å². The molecule has 0 spiro atoms. The minimum absolute atomic E-state index is 0.0680. The van der Waals surface area contributed by atoms with Crippen molar-refractivity contribution in [2.45, 2.75) is 20.4 Å². The highest BCUT2D eigenvalue weighted by molar-refractivity contribution is 8.15. The molecule has 140 valence electrons. The third kappa shape index (κ3) is 3.85. The quantitative estimate of drug-likeness (QED) is 0.471. The Morgan fingerprint density at radius 1 is 1.07 bits per heavy atom. The first-order valence-electron chi connectivity index (χ1n) is 9.20. The van der Waals surface area contributed by atoms with Gasteiger partial charge in [0.1, 0.15) is 0 Å². The van der Waals surface area contributed by atoms with E-state index in [9.17, 15) is 4.79 Å². The SMILES string of the molecule is Cc1ccc(C=NN=C2SCC(=O)N2Cc2cccc3ccccc23)c(C)c1. The van der Waals surface area contributed by atoms with Crippen molar-refractivity contribution in [3.8, 4) is 0 Å². The van der Waals surface area contributed by atoms with Gasteiger partial charge in [0.05, 0.1) is 18.5 Å². The summed E-state index contributed by atoms with van der Waals surface area (Å²) >= 11 is 1.44. The predicted molar refractivity (Wildman–Crippen MR) is 118 cm³/mol. The number of aryl methyl sites for hydroxylation is 2. The fourth-order valence-electron chi connectivity index (χ4n) is 3.34. The van der Waals surface area contributed by atoms with Crippen LogP contribution in [0.3, 0.4) is 0 Å². The number of nitrogens with zero attached hydrogens (tertiary/aromatic N) is 3. The normalized spacial score (nSPS) is 16.0. The van der Waals surface area contributed by atoms with Crippen molar-refractivity contribution < 1.29 is 4.79 Å². The lowest BCUT2D eigenvalue weighted by molar-refractivity contribution is -0.124. The highest BCUT2D eigenvalue weighted by atomic mass is 32.2. The first-order valence-corrected chi connectivity index (χ1v) is 10.2. The Morgan fingerprint density at radius 3 is 2.75 bits per heavy atom. The van der Waals surface area contributed by atoms with E-state index in [0.717, 1.165) is 22.1 Å². The number of rotatable bonds is 4. The zero-order chi connectivity index (χ0) is 19.5. The second kappa shape index (κ2) is 7.98. The zero-order valence-corrected chi connectivity index (χ0v) is 16.7. The molecule has 28 heavy (non-hydrogen) atoms. The Balaban J connectivity index is 1.58. The molecule has 0 saturated carbocycles. The smallest absolute Gasteiger partial charge is 0.239 e. The summed E-state index contributed by atoms with van der Waals surface area (Å²) < 4.78 is 0. The lowest BCUT2D eigenvalue weighted by Gasteiger charge is -2.16. The van der Waals surface area contributed by atoms with Gasteiger partial charge in [0.25, 0.3) is 0 Å². The highest BCUT2D eigenvalue weighted by Gasteiger charge is 2.28. The third-order valence-electron chi connectivity index (χ3n) is 4.83. The van der Waals surface area contributed by atoms with E-state index in [2.05, 4.69) is 60.4 Å². The van der Waals surface area contributed by atoms with Crippen LogP contribution in [-0.4, -0.2) is 27.9 Å². The minimum atomic E-state index is 0.0680. The minimum Gasteiger partial charge on any atom is -0.285 e. The van der Waals surface area contributed by atoms with Crippen molar-refractivity contribution in [1.29, 1.82) is 0 Å². The highest BCUT2D eigenvalue weighted by Crippen LogP contribution is 2.25. The molecule has 0 bridgehead atoms. The van der Waals surface area contributed by atoms with Crippen molar-refractivity contribution >= 4 is 39.8 Å². The van der Waals surface area contributed by atoms with Gasteiger partial charge in [-0.25, -0.2) is 0 Å². The number of fused-ring (bicyclic) bond motifs is 1. The summed E-state index contributed by atoms with van der Waals surface area (Å²) in [4.78, 5) is 14.2. The number of carbonyl (C=O) groups excluding carboxylic acids is 1. The van der Waals surface area contributed by atoms with Crippen molar-refractivity contribution in [2.24, 2.45) is 10.2 Å². The van der Waals surface area contributed by atoms with Crippen molar-refractivity contribution in [1.82, 2.24) is 4.90 Å². The molecule has 3 aromatic carbocycles. The van der Waals surface area contributed by atoms with Crippen LogP contribution in [0.25, 0.3) is 10.8 Å². The maximum atomic E-state index is 12.4. The van der Waals surface area contributed by atoms with Crippen LogP contribution in [0.5, 0.6) is 0 Å². The van der Waals surface area contributed by atoms with Crippen molar-refractivity contribution in [3.05, 3.63) is 82.9 Å². The Hall–Kier alpha value is -2.92. The van der Waals surface area contributed by atoms with Crippen LogP contribution in [0, 0.1) is 13.8 Å². The van der Waals surface area contributed by atoms with Gasteiger partial charge >= 0.3 is 0 Å². The average molecular weight is 388 g/mol. The second-order valence-electron chi connectivity index (χ2n) is 6.89. The Morgan fingerprint density at radius 2 is 1.89 bits per heavy atom. The van der Waals surface area contributed by atoms with E-state index in [-0.39, 0.29) is 5.91 Å². The fraction of sp³-hybridized carbons (Fsp3) is 0.174. The lowest BCUT2D eigenvalue weighted by atomic mass is 10.0. The number of carbonyl (C=O) groups is 1. The van der Waals surface area contributed by atoms with Crippen LogP contribution in [-0.2, 0) is 11.3 Å². The molecule has 0 N–H and O–H groups in total. The second-order valence-corrected chi connectivity index (χ2v) is 7.84. The lowest BCUT2D eigenvalue weighted by Crippen LogP contribution is -2.28. The van der Waals surface area contributed by atoms with E-state index < -0.39 is 0 Å².